The van der Waals surface area contributed by atoms with Crippen molar-refractivity contribution < 1.29 is 4.79 Å². The van der Waals surface area contributed by atoms with Crippen molar-refractivity contribution in [3.63, 3.8) is 0 Å². The quantitative estimate of drug-likeness (QED) is 0.158. The van der Waals surface area contributed by atoms with Crippen LogP contribution in [0, 0.1) is 10.8 Å². The lowest BCUT2D eigenvalue weighted by atomic mass is 10.4. The minimum Gasteiger partial charge on any atom is -0.381 e. The third kappa shape index (κ3) is 6.31. The van der Waals surface area contributed by atoms with Crippen LogP contribution in [0.3, 0.4) is 0 Å². The average Bonchev–Trinajstić information content (AvgIpc) is 1.81. The first kappa shape index (κ1) is 12.1. The molecule has 0 radical (unpaired) electrons. The largest absolute Gasteiger partial charge is 0.381 e. The Hall–Kier alpha value is -0.860. The lowest BCUT2D eigenvalue weighted by Crippen LogP contribution is -2.49. The zero-order valence-corrected chi connectivity index (χ0v) is 9.52. The molecule has 0 spiro atoms. The number of amides is 2. The van der Waals surface area contributed by atoms with E-state index in [1.54, 1.807) is 13.8 Å². The Bertz CT molecular complexity index is 244. The minimum absolute atomic E-state index is 0.404. The van der Waals surface area contributed by atoms with Gasteiger partial charge in [0.25, 0.3) is 0 Å². The van der Waals surface area contributed by atoms with Crippen molar-refractivity contribution in [1.82, 2.24) is 10.6 Å². The Morgan fingerprint density at radius 1 is 1.46 bits per heavy atom. The number of alkyl halides is 1. The van der Waals surface area contributed by atoms with Gasteiger partial charge in [-0.15, -0.1) is 0 Å². The van der Waals surface area contributed by atoms with E-state index in [1.807, 2.05) is 22.6 Å². The Morgan fingerprint density at radius 2 is 1.92 bits per heavy atom. The highest BCUT2D eigenvalue weighted by molar-refractivity contribution is 14.1. The second-order valence-corrected chi connectivity index (χ2v) is 5.54. The fourth-order valence-corrected chi connectivity index (χ4v) is 0.727. The molecule has 0 bridgehead atoms. The summed E-state index contributed by atoms with van der Waals surface area (Å²) in [6.45, 7) is 3.59. The molecule has 0 fully saturated rings. The van der Waals surface area contributed by atoms with Crippen LogP contribution >= 0.6 is 22.6 Å². The molecule has 74 valence electrons. The predicted octanol–water partition coefficient (Wildman–Crippen LogP) is 0.370. The van der Waals surface area contributed by atoms with E-state index < -0.39 is 21.2 Å². The number of nitrogens with one attached hydrogen (secondary N) is 4. The molecular weight excluding hydrogens is 285 g/mol. The molecular formula is C6H12IN5O. The molecule has 0 rings (SSSR count). The van der Waals surface area contributed by atoms with Gasteiger partial charge in [-0.25, -0.2) is 4.79 Å². The average molecular weight is 297 g/mol. The Morgan fingerprint density at radius 3 is 2.23 bits per heavy atom. The summed E-state index contributed by atoms with van der Waals surface area (Å²) in [5.41, 5.74) is 4.96. The third-order valence-electron chi connectivity index (χ3n) is 0.919. The Balaban J connectivity index is 4.04. The van der Waals surface area contributed by atoms with E-state index in [-0.39, 0.29) is 0 Å². The molecule has 0 aromatic rings. The molecule has 2 amide bonds. The summed E-state index contributed by atoms with van der Waals surface area (Å²) in [5.74, 6) is -0.875. The van der Waals surface area contributed by atoms with Crippen molar-refractivity contribution in [2.45, 2.75) is 17.4 Å². The van der Waals surface area contributed by atoms with E-state index >= 15 is 0 Å². The van der Waals surface area contributed by atoms with Crippen LogP contribution in [0.5, 0.6) is 0 Å². The smallest absolute Gasteiger partial charge is 0.321 e. The van der Waals surface area contributed by atoms with E-state index in [1.165, 1.54) is 0 Å². The van der Waals surface area contributed by atoms with Gasteiger partial charge in [0.05, 0.1) is 3.55 Å². The van der Waals surface area contributed by atoms with Crippen molar-refractivity contribution >= 4 is 40.3 Å². The second kappa shape index (κ2) is 4.40. The summed E-state index contributed by atoms with van der Waals surface area (Å²) in [6.07, 6.45) is 0. The summed E-state index contributed by atoms with van der Waals surface area (Å²) in [7, 11) is 0. The van der Waals surface area contributed by atoms with Crippen molar-refractivity contribution in [1.29, 1.82) is 10.8 Å². The monoisotopic (exact) mass is 297 g/mol. The molecule has 0 aliphatic heterocycles. The van der Waals surface area contributed by atoms with Crippen molar-refractivity contribution in [3.05, 3.63) is 0 Å². The summed E-state index contributed by atoms with van der Waals surface area (Å²) in [6, 6.07) is -0.542. The summed E-state index contributed by atoms with van der Waals surface area (Å²) in [4.78, 5) is 11.1. The lowest BCUT2D eigenvalue weighted by Gasteiger charge is -2.18. The SMILES string of the molecule is CC(C)(I)NC(=O)NC(=N)C(=N)N. The van der Waals surface area contributed by atoms with Crippen LogP contribution in [0.2, 0.25) is 0 Å². The van der Waals surface area contributed by atoms with Crippen LogP contribution in [0.25, 0.3) is 0 Å². The molecule has 0 saturated carbocycles. The van der Waals surface area contributed by atoms with Gasteiger partial charge in [-0.1, -0.05) is 22.6 Å². The zero-order chi connectivity index (χ0) is 10.6. The summed E-state index contributed by atoms with van der Waals surface area (Å²) < 4.78 is -0.404. The van der Waals surface area contributed by atoms with Crippen molar-refractivity contribution in [2.75, 3.05) is 0 Å². The van der Waals surface area contributed by atoms with E-state index in [9.17, 15) is 4.79 Å². The number of urea groups is 1. The van der Waals surface area contributed by atoms with E-state index in [0.717, 1.165) is 0 Å². The Kier molecular flexibility index (Phi) is 4.11. The molecule has 0 aromatic carbocycles. The number of hydrogen-bond acceptors (Lipinski definition) is 3. The molecule has 13 heavy (non-hydrogen) atoms. The molecule has 0 unspecified atom stereocenters. The molecule has 0 aliphatic carbocycles. The maximum Gasteiger partial charge on any atom is 0.321 e. The third-order valence-corrected chi connectivity index (χ3v) is 1.19. The van der Waals surface area contributed by atoms with Gasteiger partial charge < -0.3 is 11.1 Å². The highest BCUT2D eigenvalue weighted by Crippen LogP contribution is 2.10. The first-order chi connectivity index (χ1) is 5.72. The maximum absolute atomic E-state index is 11.1. The van der Waals surface area contributed by atoms with Gasteiger partial charge in [-0.05, 0) is 13.8 Å². The molecule has 0 saturated heterocycles. The van der Waals surface area contributed by atoms with Gasteiger partial charge in [-0.2, -0.15) is 0 Å². The molecule has 6 nitrogen and oxygen atoms in total. The summed E-state index contributed by atoms with van der Waals surface area (Å²) in [5, 5.41) is 18.6. The number of hydrogen-bond donors (Lipinski definition) is 5. The van der Waals surface area contributed by atoms with Crippen LogP contribution in [0.1, 0.15) is 13.8 Å². The van der Waals surface area contributed by atoms with Crippen molar-refractivity contribution in [2.24, 2.45) is 5.73 Å². The first-order valence-corrected chi connectivity index (χ1v) is 4.51. The number of carbonyl (C=O) groups is 1. The van der Waals surface area contributed by atoms with Gasteiger partial charge in [0.2, 0.25) is 0 Å². The standard InChI is InChI=1S/C6H12IN5O/c1-6(2,7)12-5(13)11-4(10)3(8)9/h1-2H3,(H3,8,9)(H3,10,11,12,13). The molecule has 6 N–H and O–H groups in total. The number of carbonyl (C=O) groups excluding carboxylic acids is 1. The first-order valence-electron chi connectivity index (χ1n) is 3.43. The maximum atomic E-state index is 11.1. The van der Waals surface area contributed by atoms with Gasteiger partial charge in [0, 0.05) is 0 Å². The molecule has 0 heterocycles. The van der Waals surface area contributed by atoms with Gasteiger partial charge in [-0.3, -0.25) is 16.1 Å². The predicted molar refractivity (Wildman–Crippen MR) is 59.4 cm³/mol. The van der Waals surface area contributed by atoms with Crippen LogP contribution in [0.4, 0.5) is 4.79 Å². The molecule has 0 atom stereocenters. The summed E-state index contributed by atoms with van der Waals surface area (Å²) >= 11 is 2.03. The van der Waals surface area contributed by atoms with Gasteiger partial charge >= 0.3 is 6.03 Å². The number of rotatable bonds is 1. The van der Waals surface area contributed by atoms with Crippen molar-refractivity contribution in [3.8, 4) is 0 Å². The fourth-order valence-electron chi connectivity index (χ4n) is 0.482. The number of nitrogens with two attached hydrogens (primary N) is 1. The van der Waals surface area contributed by atoms with Gasteiger partial charge in [0.1, 0.15) is 0 Å². The topological polar surface area (TPSA) is 115 Å². The fraction of sp³-hybridized carbons (Fsp3) is 0.500. The van der Waals surface area contributed by atoms with E-state index in [0.29, 0.717) is 0 Å². The zero-order valence-electron chi connectivity index (χ0n) is 7.36. The van der Waals surface area contributed by atoms with Gasteiger partial charge in [0.15, 0.2) is 11.7 Å². The molecule has 0 aromatic heterocycles. The number of amidine groups is 2. The van der Waals surface area contributed by atoms with Crippen LogP contribution < -0.4 is 16.4 Å². The highest BCUT2D eigenvalue weighted by atomic mass is 127. The van der Waals surface area contributed by atoms with Crippen LogP contribution in [0.15, 0.2) is 0 Å². The normalized spacial score (nSPS) is 10.4. The van der Waals surface area contributed by atoms with E-state index in [4.69, 9.17) is 16.6 Å². The molecule has 0 aliphatic rings. The lowest BCUT2D eigenvalue weighted by molar-refractivity contribution is 0.242. The minimum atomic E-state index is -0.542. The number of halogens is 1. The highest BCUT2D eigenvalue weighted by Gasteiger charge is 2.16. The molecule has 7 heteroatoms. The van der Waals surface area contributed by atoms with Crippen LogP contribution in [-0.2, 0) is 0 Å². The Labute approximate surface area is 89.8 Å². The van der Waals surface area contributed by atoms with Crippen LogP contribution in [-0.4, -0.2) is 21.2 Å². The second-order valence-electron chi connectivity index (χ2n) is 2.84. The van der Waals surface area contributed by atoms with E-state index in [2.05, 4.69) is 10.6 Å².